The van der Waals surface area contributed by atoms with Crippen LogP contribution in [0.3, 0.4) is 0 Å². The van der Waals surface area contributed by atoms with Gasteiger partial charge >= 0.3 is 0 Å². The summed E-state index contributed by atoms with van der Waals surface area (Å²) in [6, 6.07) is 17.3. The molecule has 1 aliphatic heterocycles. The minimum absolute atomic E-state index is 0.0654. The number of carbonyl (C=O) groups is 1. The number of para-hydroxylation sites is 2. The van der Waals surface area contributed by atoms with Gasteiger partial charge in [-0.1, -0.05) is 36.4 Å². The van der Waals surface area contributed by atoms with Crippen LogP contribution in [-0.4, -0.2) is 37.0 Å². The second-order valence-corrected chi connectivity index (χ2v) is 6.05. The molecule has 0 saturated carbocycles. The van der Waals surface area contributed by atoms with Gasteiger partial charge in [-0.2, -0.15) is 0 Å². The predicted molar refractivity (Wildman–Crippen MR) is 95.8 cm³/mol. The Morgan fingerprint density at radius 2 is 1.76 bits per heavy atom. The highest BCUT2D eigenvalue weighted by atomic mass is 16.5. The third-order valence-corrected chi connectivity index (χ3v) is 4.42. The number of hydrogen-bond donors (Lipinski definition) is 1. The van der Waals surface area contributed by atoms with Gasteiger partial charge < -0.3 is 19.4 Å². The number of benzene rings is 2. The van der Waals surface area contributed by atoms with Crippen molar-refractivity contribution in [3.05, 3.63) is 65.9 Å². The van der Waals surface area contributed by atoms with Gasteiger partial charge in [0.25, 0.3) is 5.91 Å². The van der Waals surface area contributed by atoms with E-state index in [0.29, 0.717) is 31.0 Å². The summed E-state index contributed by atoms with van der Waals surface area (Å²) in [7, 11) is 0. The fourth-order valence-electron chi connectivity index (χ4n) is 3.10. The number of amides is 1. The lowest BCUT2D eigenvalue weighted by atomic mass is 10.1. The van der Waals surface area contributed by atoms with E-state index in [1.807, 2.05) is 59.5 Å². The van der Waals surface area contributed by atoms with Gasteiger partial charge in [0.05, 0.1) is 0 Å². The Morgan fingerprint density at radius 3 is 2.56 bits per heavy atom. The minimum atomic E-state index is -0.0654. The number of piperazine rings is 1. The van der Waals surface area contributed by atoms with E-state index in [-0.39, 0.29) is 5.91 Å². The molecule has 1 N–H and O–H groups in total. The molecule has 4 rings (SSSR count). The Kier molecular flexibility index (Phi) is 4.39. The van der Waals surface area contributed by atoms with Crippen molar-refractivity contribution in [3.63, 3.8) is 0 Å². The summed E-state index contributed by atoms with van der Waals surface area (Å²) < 4.78 is 11.8. The molecule has 25 heavy (non-hydrogen) atoms. The molecule has 2 aromatic carbocycles. The highest BCUT2D eigenvalue weighted by molar-refractivity contribution is 5.99. The van der Waals surface area contributed by atoms with Crippen LogP contribution in [0.2, 0.25) is 0 Å². The first kappa shape index (κ1) is 15.7. The van der Waals surface area contributed by atoms with Gasteiger partial charge in [0.2, 0.25) is 0 Å². The Bertz CT molecular complexity index is 867. The first-order valence-corrected chi connectivity index (χ1v) is 8.51. The van der Waals surface area contributed by atoms with E-state index in [2.05, 4.69) is 5.32 Å². The lowest BCUT2D eigenvalue weighted by Gasteiger charge is -2.26. The fraction of sp³-hybridized carbons (Fsp3) is 0.250. The average Bonchev–Trinajstić information content (AvgIpc) is 3.06. The van der Waals surface area contributed by atoms with E-state index in [1.165, 1.54) is 0 Å². The zero-order valence-electron chi connectivity index (χ0n) is 13.9. The molecule has 0 radical (unpaired) electrons. The summed E-state index contributed by atoms with van der Waals surface area (Å²) in [5, 5.41) is 4.19. The average molecular weight is 336 g/mol. The van der Waals surface area contributed by atoms with Crippen LogP contribution in [0.4, 0.5) is 0 Å². The second kappa shape index (κ2) is 6.99. The molecular formula is C20H20N2O3. The molecule has 1 fully saturated rings. The highest BCUT2D eigenvalue weighted by Gasteiger charge is 2.26. The van der Waals surface area contributed by atoms with Crippen LogP contribution in [0.15, 0.2) is 59.0 Å². The molecular weight excluding hydrogens is 316 g/mol. The molecule has 2 heterocycles. The summed E-state index contributed by atoms with van der Waals surface area (Å²) >= 11 is 0. The molecule has 1 amide bonds. The Labute approximate surface area is 146 Å². The van der Waals surface area contributed by atoms with E-state index in [4.69, 9.17) is 9.15 Å². The summed E-state index contributed by atoms with van der Waals surface area (Å²) in [6.45, 7) is 3.29. The van der Waals surface area contributed by atoms with Gasteiger partial charge in [-0.25, -0.2) is 0 Å². The van der Waals surface area contributed by atoms with E-state index in [0.717, 1.165) is 29.8 Å². The van der Waals surface area contributed by atoms with Crippen molar-refractivity contribution in [1.29, 1.82) is 0 Å². The SMILES string of the molecule is O=C(c1oc2ccccc2c1COc1ccccc1)N1CCNCC1. The number of fused-ring (bicyclic) bond motifs is 1. The smallest absolute Gasteiger partial charge is 0.290 e. The Morgan fingerprint density at radius 1 is 1.04 bits per heavy atom. The van der Waals surface area contributed by atoms with Crippen molar-refractivity contribution in [1.82, 2.24) is 10.2 Å². The predicted octanol–water partition coefficient (Wildman–Crippen LogP) is 3.06. The van der Waals surface area contributed by atoms with Crippen LogP contribution in [0.1, 0.15) is 16.1 Å². The first-order chi connectivity index (χ1) is 12.3. The maximum Gasteiger partial charge on any atom is 0.290 e. The molecule has 128 valence electrons. The van der Waals surface area contributed by atoms with Gasteiger partial charge in [-0.05, 0) is 18.2 Å². The highest BCUT2D eigenvalue weighted by Crippen LogP contribution is 2.28. The number of rotatable bonds is 4. The normalized spacial score (nSPS) is 14.6. The third kappa shape index (κ3) is 3.23. The monoisotopic (exact) mass is 336 g/mol. The third-order valence-electron chi connectivity index (χ3n) is 4.42. The van der Waals surface area contributed by atoms with Crippen molar-refractivity contribution in [3.8, 4) is 5.75 Å². The van der Waals surface area contributed by atoms with Gasteiger partial charge in [-0.3, -0.25) is 4.79 Å². The number of nitrogens with one attached hydrogen (secondary N) is 1. The van der Waals surface area contributed by atoms with Gasteiger partial charge in [0, 0.05) is 37.1 Å². The molecule has 0 atom stereocenters. The molecule has 0 aliphatic carbocycles. The Balaban J connectivity index is 1.66. The lowest BCUT2D eigenvalue weighted by molar-refractivity contribution is 0.0702. The molecule has 1 aromatic heterocycles. The Hall–Kier alpha value is -2.79. The number of carbonyl (C=O) groups excluding carboxylic acids is 1. The summed E-state index contributed by atoms with van der Waals surface area (Å²) in [6.07, 6.45) is 0. The van der Waals surface area contributed by atoms with Crippen LogP contribution in [0.5, 0.6) is 5.75 Å². The maximum atomic E-state index is 13.0. The van der Waals surface area contributed by atoms with E-state index in [1.54, 1.807) is 0 Å². The number of ether oxygens (including phenoxy) is 1. The summed E-state index contributed by atoms with van der Waals surface area (Å²) in [5.74, 6) is 1.09. The molecule has 0 spiro atoms. The van der Waals surface area contributed by atoms with Crippen molar-refractivity contribution in [2.45, 2.75) is 6.61 Å². The molecule has 3 aromatic rings. The first-order valence-electron chi connectivity index (χ1n) is 8.51. The van der Waals surface area contributed by atoms with Crippen LogP contribution in [0.25, 0.3) is 11.0 Å². The van der Waals surface area contributed by atoms with Crippen molar-refractivity contribution in [2.75, 3.05) is 26.2 Å². The van der Waals surface area contributed by atoms with E-state index in [9.17, 15) is 4.79 Å². The van der Waals surface area contributed by atoms with Crippen LogP contribution in [-0.2, 0) is 6.61 Å². The number of hydrogen-bond acceptors (Lipinski definition) is 4. The second-order valence-electron chi connectivity index (χ2n) is 6.05. The van der Waals surface area contributed by atoms with Crippen molar-refractivity contribution in [2.24, 2.45) is 0 Å². The van der Waals surface area contributed by atoms with Crippen LogP contribution >= 0.6 is 0 Å². The largest absolute Gasteiger partial charge is 0.489 e. The maximum absolute atomic E-state index is 13.0. The molecule has 5 nitrogen and oxygen atoms in total. The standard InChI is InChI=1S/C20H20N2O3/c23-20(22-12-10-21-11-13-22)19-17(14-24-15-6-2-1-3-7-15)16-8-4-5-9-18(16)25-19/h1-9,21H,10-14H2. The molecule has 0 bridgehead atoms. The molecule has 1 aliphatic rings. The lowest BCUT2D eigenvalue weighted by Crippen LogP contribution is -2.46. The minimum Gasteiger partial charge on any atom is -0.489 e. The topological polar surface area (TPSA) is 54.7 Å². The van der Waals surface area contributed by atoms with E-state index >= 15 is 0 Å². The van der Waals surface area contributed by atoms with Crippen LogP contribution in [0, 0.1) is 0 Å². The summed E-state index contributed by atoms with van der Waals surface area (Å²) in [5.41, 5.74) is 1.52. The van der Waals surface area contributed by atoms with Crippen LogP contribution < -0.4 is 10.1 Å². The zero-order chi connectivity index (χ0) is 17.1. The van der Waals surface area contributed by atoms with Crippen molar-refractivity contribution < 1.29 is 13.9 Å². The molecule has 0 unspecified atom stereocenters. The van der Waals surface area contributed by atoms with Gasteiger partial charge in [0.1, 0.15) is 17.9 Å². The van der Waals surface area contributed by atoms with Crippen molar-refractivity contribution >= 4 is 16.9 Å². The number of furan rings is 1. The quantitative estimate of drug-likeness (QED) is 0.796. The molecule has 5 heteroatoms. The van der Waals surface area contributed by atoms with Gasteiger partial charge in [0.15, 0.2) is 5.76 Å². The fourth-order valence-corrected chi connectivity index (χ4v) is 3.10. The van der Waals surface area contributed by atoms with E-state index < -0.39 is 0 Å². The summed E-state index contributed by atoms with van der Waals surface area (Å²) in [4.78, 5) is 14.8. The van der Waals surface area contributed by atoms with Gasteiger partial charge in [-0.15, -0.1) is 0 Å². The number of nitrogens with zero attached hydrogens (tertiary/aromatic N) is 1. The zero-order valence-corrected chi connectivity index (χ0v) is 13.9. The molecule has 1 saturated heterocycles.